The summed E-state index contributed by atoms with van der Waals surface area (Å²) in [4.78, 5) is 11.6. The number of sulfonamides is 1. The van der Waals surface area contributed by atoms with Crippen molar-refractivity contribution in [2.24, 2.45) is 5.14 Å². The molecule has 9 heteroatoms. The van der Waals surface area contributed by atoms with Crippen LogP contribution in [0, 0.1) is 0 Å². The van der Waals surface area contributed by atoms with Gasteiger partial charge in [-0.1, -0.05) is 18.2 Å². The highest BCUT2D eigenvalue weighted by molar-refractivity contribution is 7.89. The van der Waals surface area contributed by atoms with Crippen LogP contribution in [0.3, 0.4) is 0 Å². The first-order valence-electron chi connectivity index (χ1n) is 8.61. The predicted molar refractivity (Wildman–Crippen MR) is 104 cm³/mol. The van der Waals surface area contributed by atoms with E-state index >= 15 is 0 Å². The van der Waals surface area contributed by atoms with Crippen LogP contribution < -0.4 is 15.2 Å². The van der Waals surface area contributed by atoms with Crippen LogP contribution in [0.1, 0.15) is 15.9 Å². The third kappa shape index (κ3) is 6.93. The second-order valence-electron chi connectivity index (χ2n) is 6.13. The van der Waals surface area contributed by atoms with E-state index < -0.39 is 22.1 Å². The first-order chi connectivity index (χ1) is 13.3. The fraction of sp³-hybridized carbons (Fsp3) is 0.316. The number of benzene rings is 2. The van der Waals surface area contributed by atoms with E-state index in [1.807, 2.05) is 0 Å². The molecule has 2 aromatic carbocycles. The van der Waals surface area contributed by atoms with Gasteiger partial charge in [0.15, 0.2) is 0 Å². The molecule has 1 atom stereocenters. The molecule has 2 rings (SSSR count). The first-order valence-corrected chi connectivity index (χ1v) is 10.2. The number of primary sulfonamides is 1. The summed E-state index contributed by atoms with van der Waals surface area (Å²) < 4.78 is 32.6. The molecule has 0 amide bonds. The molecular weight excluding hydrogens is 384 g/mol. The van der Waals surface area contributed by atoms with Crippen molar-refractivity contribution >= 4 is 16.0 Å². The molecule has 0 bridgehead atoms. The summed E-state index contributed by atoms with van der Waals surface area (Å²) in [5.41, 5.74) is 1.33. The van der Waals surface area contributed by atoms with Crippen molar-refractivity contribution in [2.75, 3.05) is 26.8 Å². The number of hydrogen-bond donors (Lipinski definition) is 3. The molecule has 2 aromatic rings. The number of methoxy groups -OCH3 is 1. The van der Waals surface area contributed by atoms with Gasteiger partial charge >= 0.3 is 5.97 Å². The molecule has 0 heterocycles. The molecule has 0 saturated heterocycles. The summed E-state index contributed by atoms with van der Waals surface area (Å²) in [5.74, 6) is 0.0154. The highest BCUT2D eigenvalue weighted by atomic mass is 32.2. The number of carbonyl (C=O) groups is 1. The van der Waals surface area contributed by atoms with Gasteiger partial charge in [0.2, 0.25) is 10.0 Å². The van der Waals surface area contributed by atoms with Crippen LogP contribution in [-0.2, 0) is 21.2 Å². The first kappa shape index (κ1) is 21.8. The predicted octanol–water partition coefficient (Wildman–Crippen LogP) is 0.693. The molecule has 28 heavy (non-hydrogen) atoms. The van der Waals surface area contributed by atoms with Gasteiger partial charge in [-0.25, -0.2) is 18.4 Å². The standard InChI is InChI=1S/C19H24N2O6S/c1-26-19(23)15-3-2-4-17(11-15)27-13-16(22)12-21-10-9-14-5-7-18(8-6-14)28(20,24)25/h2-8,11,16,21-22H,9-10,12-13H2,1H3,(H2,20,24,25)/t16-/m0/s1. The zero-order valence-electron chi connectivity index (χ0n) is 15.5. The second-order valence-corrected chi connectivity index (χ2v) is 7.69. The quantitative estimate of drug-likeness (QED) is 0.390. The lowest BCUT2D eigenvalue weighted by Crippen LogP contribution is -2.32. The number of carbonyl (C=O) groups excluding carboxylic acids is 1. The van der Waals surface area contributed by atoms with Gasteiger partial charge in [-0.2, -0.15) is 0 Å². The van der Waals surface area contributed by atoms with Crippen LogP contribution >= 0.6 is 0 Å². The molecule has 0 aliphatic rings. The van der Waals surface area contributed by atoms with Crippen LogP contribution in [0.5, 0.6) is 5.75 Å². The molecular formula is C19H24N2O6S. The summed E-state index contributed by atoms with van der Waals surface area (Å²) in [6.07, 6.45) is -0.0637. The number of aliphatic hydroxyl groups is 1. The average Bonchev–Trinajstić information content (AvgIpc) is 2.69. The van der Waals surface area contributed by atoms with Crippen molar-refractivity contribution < 1.29 is 27.8 Å². The van der Waals surface area contributed by atoms with Crippen molar-refractivity contribution in [2.45, 2.75) is 17.4 Å². The summed E-state index contributed by atoms with van der Waals surface area (Å²) in [6, 6.07) is 12.9. The van der Waals surface area contributed by atoms with Crippen molar-refractivity contribution in [3.05, 3.63) is 59.7 Å². The smallest absolute Gasteiger partial charge is 0.337 e. The van der Waals surface area contributed by atoms with E-state index in [2.05, 4.69) is 10.1 Å². The largest absolute Gasteiger partial charge is 0.491 e. The lowest BCUT2D eigenvalue weighted by Gasteiger charge is -2.14. The number of rotatable bonds is 10. The lowest BCUT2D eigenvalue weighted by atomic mass is 10.1. The van der Waals surface area contributed by atoms with Crippen LogP contribution in [-0.4, -0.2) is 52.4 Å². The number of ether oxygens (including phenoxy) is 2. The molecule has 0 aromatic heterocycles. The Morgan fingerprint density at radius 1 is 1.21 bits per heavy atom. The normalized spacial score (nSPS) is 12.4. The van der Waals surface area contributed by atoms with E-state index in [1.54, 1.807) is 36.4 Å². The molecule has 8 nitrogen and oxygen atoms in total. The van der Waals surface area contributed by atoms with E-state index in [-0.39, 0.29) is 11.5 Å². The fourth-order valence-electron chi connectivity index (χ4n) is 2.43. The van der Waals surface area contributed by atoms with Crippen molar-refractivity contribution in [3.8, 4) is 5.75 Å². The lowest BCUT2D eigenvalue weighted by molar-refractivity contribution is 0.0600. The number of esters is 1. The number of nitrogens with two attached hydrogens (primary N) is 1. The third-order valence-corrected chi connectivity index (χ3v) is 4.85. The van der Waals surface area contributed by atoms with Crippen molar-refractivity contribution in [3.63, 3.8) is 0 Å². The Hall–Kier alpha value is -2.46. The Labute approximate surface area is 164 Å². The van der Waals surface area contributed by atoms with Gasteiger partial charge in [0.05, 0.1) is 17.6 Å². The minimum absolute atomic E-state index is 0.0701. The monoisotopic (exact) mass is 408 g/mol. The van der Waals surface area contributed by atoms with Gasteiger partial charge in [0.25, 0.3) is 0 Å². The maximum atomic E-state index is 11.5. The zero-order valence-corrected chi connectivity index (χ0v) is 16.3. The maximum Gasteiger partial charge on any atom is 0.337 e. The molecule has 0 spiro atoms. The Bertz CT molecular complexity index is 884. The van der Waals surface area contributed by atoms with Gasteiger partial charge in [-0.15, -0.1) is 0 Å². The van der Waals surface area contributed by atoms with Crippen molar-refractivity contribution in [1.82, 2.24) is 5.32 Å². The molecule has 152 valence electrons. The summed E-state index contributed by atoms with van der Waals surface area (Å²) in [7, 11) is -2.38. The van der Waals surface area contributed by atoms with E-state index in [0.29, 0.717) is 30.8 Å². The number of hydrogen-bond acceptors (Lipinski definition) is 7. The average molecular weight is 408 g/mol. The van der Waals surface area contributed by atoms with Crippen molar-refractivity contribution in [1.29, 1.82) is 0 Å². The Balaban J connectivity index is 1.70. The minimum Gasteiger partial charge on any atom is -0.491 e. The minimum atomic E-state index is -3.68. The number of aliphatic hydroxyl groups excluding tert-OH is 1. The van der Waals surface area contributed by atoms with E-state index in [1.165, 1.54) is 19.2 Å². The fourth-order valence-corrected chi connectivity index (χ4v) is 2.94. The summed E-state index contributed by atoms with van der Waals surface area (Å²) in [6.45, 7) is 0.996. The molecule has 0 unspecified atom stereocenters. The van der Waals surface area contributed by atoms with Gasteiger partial charge in [0.1, 0.15) is 18.5 Å². The van der Waals surface area contributed by atoms with Gasteiger partial charge in [-0.05, 0) is 48.9 Å². The molecule has 0 saturated carbocycles. The Morgan fingerprint density at radius 3 is 2.57 bits per heavy atom. The van der Waals surface area contributed by atoms with Gasteiger partial charge in [0, 0.05) is 6.54 Å². The number of nitrogens with one attached hydrogen (secondary N) is 1. The molecule has 0 fully saturated rings. The summed E-state index contributed by atoms with van der Waals surface area (Å²) in [5, 5.41) is 18.2. The Morgan fingerprint density at radius 2 is 1.93 bits per heavy atom. The van der Waals surface area contributed by atoms with E-state index in [4.69, 9.17) is 9.88 Å². The zero-order chi connectivity index (χ0) is 20.6. The third-order valence-electron chi connectivity index (χ3n) is 3.92. The van der Waals surface area contributed by atoms with Crippen LogP contribution in [0.4, 0.5) is 0 Å². The van der Waals surface area contributed by atoms with E-state index in [0.717, 1.165) is 5.56 Å². The van der Waals surface area contributed by atoms with Crippen LogP contribution in [0.15, 0.2) is 53.4 Å². The summed E-state index contributed by atoms with van der Waals surface area (Å²) >= 11 is 0. The second kappa shape index (κ2) is 10.2. The van der Waals surface area contributed by atoms with Gasteiger partial charge < -0.3 is 19.9 Å². The van der Waals surface area contributed by atoms with Crippen LogP contribution in [0.25, 0.3) is 0 Å². The Kier molecular flexibility index (Phi) is 7.94. The highest BCUT2D eigenvalue weighted by Crippen LogP contribution is 2.14. The molecule has 4 N–H and O–H groups in total. The van der Waals surface area contributed by atoms with Gasteiger partial charge in [-0.3, -0.25) is 0 Å². The van der Waals surface area contributed by atoms with Crippen LogP contribution in [0.2, 0.25) is 0 Å². The maximum absolute atomic E-state index is 11.5. The molecule has 0 aliphatic carbocycles. The topological polar surface area (TPSA) is 128 Å². The highest BCUT2D eigenvalue weighted by Gasteiger charge is 2.09. The molecule has 0 radical (unpaired) electrons. The molecule has 0 aliphatic heterocycles. The SMILES string of the molecule is COC(=O)c1cccc(OC[C@@H](O)CNCCc2ccc(S(N)(=O)=O)cc2)c1. The van der Waals surface area contributed by atoms with E-state index in [9.17, 15) is 18.3 Å².